The minimum absolute atomic E-state index is 0.157. The lowest BCUT2D eigenvalue weighted by molar-refractivity contribution is 0.367. The topological polar surface area (TPSA) is 24.1 Å². The molecule has 0 radical (unpaired) electrons. The molecule has 3 rings (SSSR count). The number of hydrogen-bond acceptors (Lipinski definition) is 2. The molecule has 2 aliphatic rings. The molecule has 2 N–H and O–H groups in total. The molecule has 0 aliphatic carbocycles. The van der Waals surface area contributed by atoms with Crippen LogP contribution < -0.4 is 10.6 Å². The Kier molecular flexibility index (Phi) is 2.33. The lowest BCUT2D eigenvalue weighted by Gasteiger charge is -2.35. The molecule has 1 spiro atoms. The van der Waals surface area contributed by atoms with Crippen molar-refractivity contribution in [3.05, 3.63) is 40.5 Å². The normalized spacial score (nSPS) is 21.9. The van der Waals surface area contributed by atoms with E-state index in [4.69, 9.17) is 0 Å². The summed E-state index contributed by atoms with van der Waals surface area (Å²) < 4.78 is 1.15. The highest BCUT2D eigenvalue weighted by Gasteiger charge is 2.42. The summed E-state index contributed by atoms with van der Waals surface area (Å²) in [5.41, 5.74) is 3.97. The highest BCUT2D eigenvalue weighted by atomic mass is 79.9. The molecular formula is C13H15BrN2. The van der Waals surface area contributed by atoms with Crippen LogP contribution in [0.25, 0.3) is 0 Å². The first kappa shape index (κ1) is 10.4. The monoisotopic (exact) mass is 278 g/mol. The van der Waals surface area contributed by atoms with Gasteiger partial charge in [-0.1, -0.05) is 22.5 Å². The molecule has 1 saturated heterocycles. The molecule has 1 aromatic rings. The molecule has 0 atom stereocenters. The van der Waals surface area contributed by atoms with Gasteiger partial charge in [0.1, 0.15) is 0 Å². The van der Waals surface area contributed by atoms with Crippen LogP contribution in [0.2, 0.25) is 0 Å². The summed E-state index contributed by atoms with van der Waals surface area (Å²) in [5.74, 6) is 0. The third-order valence-corrected chi connectivity index (χ3v) is 4.31. The van der Waals surface area contributed by atoms with Gasteiger partial charge in [0.15, 0.2) is 0 Å². The summed E-state index contributed by atoms with van der Waals surface area (Å²) in [4.78, 5) is 0. The second-order valence-electron chi connectivity index (χ2n) is 4.63. The second kappa shape index (κ2) is 3.60. The molecule has 0 amide bonds. The van der Waals surface area contributed by atoms with Crippen LogP contribution in [-0.4, -0.2) is 13.1 Å². The Labute approximate surface area is 104 Å². The summed E-state index contributed by atoms with van der Waals surface area (Å²) in [6.07, 6.45) is 2.28. The van der Waals surface area contributed by atoms with Crippen molar-refractivity contribution in [1.29, 1.82) is 0 Å². The van der Waals surface area contributed by atoms with Crippen molar-refractivity contribution in [2.75, 3.05) is 18.4 Å². The molecular weight excluding hydrogens is 264 g/mol. The Balaban J connectivity index is 2.13. The van der Waals surface area contributed by atoms with Gasteiger partial charge in [0.2, 0.25) is 0 Å². The largest absolute Gasteiger partial charge is 0.358 e. The molecule has 1 fully saturated rings. The van der Waals surface area contributed by atoms with E-state index in [1.54, 1.807) is 0 Å². The van der Waals surface area contributed by atoms with Gasteiger partial charge in [0.25, 0.3) is 0 Å². The predicted molar refractivity (Wildman–Crippen MR) is 70.7 cm³/mol. The number of piperidine rings is 1. The van der Waals surface area contributed by atoms with Crippen molar-refractivity contribution in [2.45, 2.75) is 18.3 Å². The second-order valence-corrected chi connectivity index (χ2v) is 5.54. The molecule has 2 aliphatic heterocycles. The van der Waals surface area contributed by atoms with Crippen molar-refractivity contribution >= 4 is 21.6 Å². The fourth-order valence-corrected chi connectivity index (χ4v) is 3.25. The molecule has 0 saturated carbocycles. The Hall–Kier alpha value is -0.800. The average Bonchev–Trinajstić information content (AvgIpc) is 2.55. The fraction of sp³-hybridized carbons (Fsp3) is 0.385. The van der Waals surface area contributed by atoms with Crippen LogP contribution in [0, 0.1) is 0 Å². The molecule has 16 heavy (non-hydrogen) atoms. The van der Waals surface area contributed by atoms with E-state index < -0.39 is 0 Å². The fourth-order valence-electron chi connectivity index (χ4n) is 2.89. The standard InChI is InChI=1S/C13H15BrN2/c1-9-13(4-6-15-7-5-13)11-8-10(14)2-3-12(11)16-9/h2-3,8,15-16H,1,4-7H2. The Morgan fingerprint density at radius 1 is 1.25 bits per heavy atom. The summed E-state index contributed by atoms with van der Waals surface area (Å²) in [6, 6.07) is 6.46. The molecule has 2 heterocycles. The van der Waals surface area contributed by atoms with E-state index in [2.05, 4.69) is 51.3 Å². The number of nitrogens with one attached hydrogen (secondary N) is 2. The molecule has 84 valence electrons. The first-order valence-corrected chi connectivity index (χ1v) is 6.49. The first-order valence-electron chi connectivity index (χ1n) is 5.69. The lowest BCUT2D eigenvalue weighted by atomic mass is 9.73. The van der Waals surface area contributed by atoms with Crippen LogP contribution in [0.15, 0.2) is 34.9 Å². The average molecular weight is 279 g/mol. The summed E-state index contributed by atoms with van der Waals surface area (Å²) in [7, 11) is 0. The highest BCUT2D eigenvalue weighted by Crippen LogP contribution is 2.49. The highest BCUT2D eigenvalue weighted by molar-refractivity contribution is 9.10. The molecule has 2 nitrogen and oxygen atoms in total. The number of halogens is 1. The van der Waals surface area contributed by atoms with Crippen LogP contribution in [0.1, 0.15) is 18.4 Å². The van der Waals surface area contributed by atoms with Crippen molar-refractivity contribution in [3.63, 3.8) is 0 Å². The molecule has 3 heteroatoms. The number of anilines is 1. The van der Waals surface area contributed by atoms with Crippen molar-refractivity contribution in [1.82, 2.24) is 5.32 Å². The summed E-state index contributed by atoms with van der Waals surface area (Å²) >= 11 is 3.56. The number of allylic oxidation sites excluding steroid dienone is 1. The van der Waals surface area contributed by atoms with Gasteiger partial charge in [-0.25, -0.2) is 0 Å². The minimum Gasteiger partial charge on any atom is -0.358 e. The van der Waals surface area contributed by atoms with Crippen LogP contribution in [0.4, 0.5) is 5.69 Å². The number of rotatable bonds is 0. The summed E-state index contributed by atoms with van der Waals surface area (Å²) in [5, 5.41) is 6.86. The van der Waals surface area contributed by atoms with Crippen LogP contribution in [0.5, 0.6) is 0 Å². The molecule has 0 unspecified atom stereocenters. The zero-order valence-corrected chi connectivity index (χ0v) is 10.7. The predicted octanol–water partition coefficient (Wildman–Crippen LogP) is 3.01. The maximum Gasteiger partial charge on any atom is 0.0424 e. The Morgan fingerprint density at radius 3 is 2.75 bits per heavy atom. The van der Waals surface area contributed by atoms with Crippen LogP contribution in [-0.2, 0) is 5.41 Å². The van der Waals surface area contributed by atoms with Gasteiger partial charge in [-0.05, 0) is 49.7 Å². The van der Waals surface area contributed by atoms with Crippen molar-refractivity contribution < 1.29 is 0 Å². The third kappa shape index (κ3) is 1.35. The van der Waals surface area contributed by atoms with E-state index in [1.165, 1.54) is 16.9 Å². The Morgan fingerprint density at radius 2 is 2.00 bits per heavy atom. The van der Waals surface area contributed by atoms with Gasteiger partial charge in [-0.3, -0.25) is 0 Å². The van der Waals surface area contributed by atoms with Gasteiger partial charge in [0.05, 0.1) is 0 Å². The maximum absolute atomic E-state index is 4.22. The van der Waals surface area contributed by atoms with Crippen LogP contribution in [0.3, 0.4) is 0 Å². The van der Waals surface area contributed by atoms with E-state index in [0.717, 1.165) is 30.4 Å². The van der Waals surface area contributed by atoms with Gasteiger partial charge < -0.3 is 10.6 Å². The first-order chi connectivity index (χ1) is 7.72. The van der Waals surface area contributed by atoms with Crippen molar-refractivity contribution in [3.8, 4) is 0 Å². The maximum atomic E-state index is 4.22. The zero-order valence-electron chi connectivity index (χ0n) is 9.15. The summed E-state index contributed by atoms with van der Waals surface area (Å²) in [6.45, 7) is 6.37. The minimum atomic E-state index is 0.157. The molecule has 0 aromatic heterocycles. The number of benzene rings is 1. The lowest BCUT2D eigenvalue weighted by Crippen LogP contribution is -2.39. The van der Waals surface area contributed by atoms with E-state index in [1.807, 2.05) is 0 Å². The van der Waals surface area contributed by atoms with Crippen molar-refractivity contribution in [2.24, 2.45) is 0 Å². The van der Waals surface area contributed by atoms with E-state index in [-0.39, 0.29) is 5.41 Å². The smallest absolute Gasteiger partial charge is 0.0424 e. The number of fused-ring (bicyclic) bond motifs is 2. The van der Waals surface area contributed by atoms with E-state index in [9.17, 15) is 0 Å². The number of hydrogen-bond donors (Lipinski definition) is 2. The van der Waals surface area contributed by atoms with Gasteiger partial charge >= 0.3 is 0 Å². The molecule has 0 bridgehead atoms. The van der Waals surface area contributed by atoms with Gasteiger partial charge in [-0.2, -0.15) is 0 Å². The van der Waals surface area contributed by atoms with Gasteiger partial charge in [-0.15, -0.1) is 0 Å². The zero-order chi connectivity index (χ0) is 11.2. The van der Waals surface area contributed by atoms with E-state index in [0.29, 0.717) is 0 Å². The van der Waals surface area contributed by atoms with Gasteiger partial charge in [0, 0.05) is 21.3 Å². The Bertz CT molecular complexity index is 447. The SMILES string of the molecule is C=C1Nc2ccc(Br)cc2C12CCNCC2. The van der Waals surface area contributed by atoms with Crippen LogP contribution >= 0.6 is 15.9 Å². The quantitative estimate of drug-likeness (QED) is 0.763. The molecule has 1 aromatic carbocycles. The third-order valence-electron chi connectivity index (χ3n) is 3.82. The van der Waals surface area contributed by atoms with E-state index >= 15 is 0 Å².